The molecule has 0 N–H and O–H groups in total. The summed E-state index contributed by atoms with van der Waals surface area (Å²) in [5.41, 5.74) is 3.79. The minimum atomic E-state index is 0.816. The highest BCUT2D eigenvalue weighted by atomic mass is 15.2. The number of anilines is 1. The average molecular weight is 321 g/mol. The van der Waals surface area contributed by atoms with E-state index >= 15 is 0 Å². The van der Waals surface area contributed by atoms with Gasteiger partial charge in [0.25, 0.3) is 0 Å². The van der Waals surface area contributed by atoms with Gasteiger partial charge in [-0.05, 0) is 68.1 Å². The van der Waals surface area contributed by atoms with Gasteiger partial charge in [0.2, 0.25) is 0 Å². The first-order chi connectivity index (χ1) is 11.9. The van der Waals surface area contributed by atoms with Crippen LogP contribution in [0.25, 0.3) is 11.1 Å². The second-order valence-corrected chi connectivity index (χ2v) is 7.10. The van der Waals surface area contributed by atoms with Gasteiger partial charge in [0.1, 0.15) is 0 Å². The molecular weight excluding hydrogens is 294 g/mol. The van der Waals surface area contributed by atoms with Crippen LogP contribution in [0, 0.1) is 0 Å². The van der Waals surface area contributed by atoms with Crippen LogP contribution >= 0.6 is 0 Å². The lowest BCUT2D eigenvalue weighted by Crippen LogP contribution is -2.46. The van der Waals surface area contributed by atoms with Crippen LogP contribution in [0.3, 0.4) is 0 Å². The van der Waals surface area contributed by atoms with Crippen molar-refractivity contribution in [1.29, 1.82) is 0 Å². The van der Waals surface area contributed by atoms with Crippen LogP contribution in [0.2, 0.25) is 0 Å². The summed E-state index contributed by atoms with van der Waals surface area (Å²) in [6.45, 7) is 5.02. The molecule has 3 heteroatoms. The molecule has 0 amide bonds. The summed E-state index contributed by atoms with van der Waals surface area (Å²) in [6.07, 6.45) is 10.6. The van der Waals surface area contributed by atoms with Gasteiger partial charge in [-0.25, -0.2) is 0 Å². The molecule has 0 atom stereocenters. The number of aromatic nitrogens is 1. The Bertz CT molecular complexity index is 624. The van der Waals surface area contributed by atoms with Crippen molar-refractivity contribution in [2.45, 2.75) is 38.1 Å². The van der Waals surface area contributed by atoms with Crippen LogP contribution in [-0.4, -0.2) is 42.1 Å². The Morgan fingerprint density at radius 2 is 1.54 bits per heavy atom. The molecule has 1 aromatic carbocycles. The van der Waals surface area contributed by atoms with Gasteiger partial charge in [0.15, 0.2) is 0 Å². The lowest BCUT2D eigenvalue weighted by atomic mass is 9.99. The molecule has 4 rings (SSSR count). The van der Waals surface area contributed by atoms with Crippen molar-refractivity contribution < 1.29 is 0 Å². The normalized spacial score (nSPS) is 20.2. The highest BCUT2D eigenvalue weighted by molar-refractivity contribution is 5.65. The molecule has 0 saturated carbocycles. The number of hydrogen-bond donors (Lipinski definition) is 0. The molecule has 126 valence electrons. The van der Waals surface area contributed by atoms with Gasteiger partial charge in [-0.2, -0.15) is 0 Å². The monoisotopic (exact) mass is 321 g/mol. The third-order valence-corrected chi connectivity index (χ3v) is 5.60. The van der Waals surface area contributed by atoms with E-state index in [0.29, 0.717) is 0 Å². The van der Waals surface area contributed by atoms with E-state index in [1.54, 1.807) is 0 Å². The lowest BCUT2D eigenvalue weighted by Gasteiger charge is -2.41. The number of benzene rings is 1. The van der Waals surface area contributed by atoms with Crippen molar-refractivity contribution >= 4 is 5.69 Å². The Kier molecular flexibility index (Phi) is 4.79. The number of rotatable bonds is 3. The van der Waals surface area contributed by atoms with E-state index in [1.165, 1.54) is 75.1 Å². The molecule has 0 unspecified atom stereocenters. The highest BCUT2D eigenvalue weighted by Gasteiger charge is 2.25. The van der Waals surface area contributed by atoms with Gasteiger partial charge in [-0.1, -0.05) is 24.6 Å². The molecule has 0 spiro atoms. The fourth-order valence-corrected chi connectivity index (χ4v) is 4.17. The SMILES string of the molecule is c1cncc(-c2ccc(N3CCC(N4CCCCC4)CC3)cc2)c1. The Balaban J connectivity index is 1.37. The van der Waals surface area contributed by atoms with Crippen molar-refractivity contribution in [3.63, 3.8) is 0 Å². The molecule has 1 aromatic heterocycles. The molecule has 3 nitrogen and oxygen atoms in total. The predicted octanol–water partition coefficient (Wildman–Crippen LogP) is 4.20. The maximum absolute atomic E-state index is 4.21. The summed E-state index contributed by atoms with van der Waals surface area (Å²) in [5, 5.41) is 0. The van der Waals surface area contributed by atoms with E-state index in [1.807, 2.05) is 18.5 Å². The Hall–Kier alpha value is -1.87. The molecule has 0 bridgehead atoms. The third kappa shape index (κ3) is 3.46. The number of nitrogens with zero attached hydrogens (tertiary/aromatic N) is 3. The standard InChI is InChI=1S/C21H27N3/c1-2-13-23(14-3-1)21-10-15-24(16-11-21)20-8-6-18(7-9-20)19-5-4-12-22-17-19/h4-9,12,17,21H,1-3,10-11,13-16H2. The van der Waals surface area contributed by atoms with Crippen molar-refractivity contribution in [1.82, 2.24) is 9.88 Å². The van der Waals surface area contributed by atoms with Crippen molar-refractivity contribution in [3.05, 3.63) is 48.8 Å². The van der Waals surface area contributed by atoms with Crippen LogP contribution in [-0.2, 0) is 0 Å². The largest absolute Gasteiger partial charge is 0.371 e. The molecule has 2 saturated heterocycles. The minimum Gasteiger partial charge on any atom is -0.371 e. The molecule has 0 aliphatic carbocycles. The van der Waals surface area contributed by atoms with Crippen LogP contribution < -0.4 is 4.90 Å². The van der Waals surface area contributed by atoms with Gasteiger partial charge in [-0.3, -0.25) is 4.98 Å². The topological polar surface area (TPSA) is 19.4 Å². The maximum atomic E-state index is 4.21. The fraction of sp³-hybridized carbons (Fsp3) is 0.476. The first-order valence-corrected chi connectivity index (χ1v) is 9.39. The van der Waals surface area contributed by atoms with Crippen LogP contribution in [0.5, 0.6) is 0 Å². The number of hydrogen-bond acceptors (Lipinski definition) is 3. The first-order valence-electron chi connectivity index (χ1n) is 9.39. The van der Waals surface area contributed by atoms with Gasteiger partial charge in [-0.15, -0.1) is 0 Å². The smallest absolute Gasteiger partial charge is 0.0366 e. The summed E-state index contributed by atoms with van der Waals surface area (Å²) in [7, 11) is 0. The second-order valence-electron chi connectivity index (χ2n) is 7.10. The molecule has 24 heavy (non-hydrogen) atoms. The third-order valence-electron chi connectivity index (χ3n) is 5.60. The molecule has 2 aromatic rings. The quantitative estimate of drug-likeness (QED) is 0.844. The second kappa shape index (κ2) is 7.35. The molecule has 2 aliphatic heterocycles. The predicted molar refractivity (Wildman–Crippen MR) is 100 cm³/mol. The van der Waals surface area contributed by atoms with E-state index < -0.39 is 0 Å². The van der Waals surface area contributed by atoms with Crippen molar-refractivity contribution in [2.24, 2.45) is 0 Å². The maximum Gasteiger partial charge on any atom is 0.0366 e. The first kappa shape index (κ1) is 15.6. The molecule has 2 aliphatic rings. The van der Waals surface area contributed by atoms with E-state index in [0.717, 1.165) is 6.04 Å². The number of piperidine rings is 2. The zero-order chi connectivity index (χ0) is 16.2. The van der Waals surface area contributed by atoms with E-state index in [-0.39, 0.29) is 0 Å². The molecule has 3 heterocycles. The Morgan fingerprint density at radius 1 is 0.792 bits per heavy atom. The minimum absolute atomic E-state index is 0.816. The number of pyridine rings is 1. The van der Waals surface area contributed by atoms with Crippen LogP contribution in [0.4, 0.5) is 5.69 Å². The lowest BCUT2D eigenvalue weighted by molar-refractivity contribution is 0.141. The zero-order valence-corrected chi connectivity index (χ0v) is 14.4. The fourth-order valence-electron chi connectivity index (χ4n) is 4.17. The van der Waals surface area contributed by atoms with E-state index in [4.69, 9.17) is 0 Å². The van der Waals surface area contributed by atoms with Crippen LogP contribution in [0.15, 0.2) is 48.8 Å². The van der Waals surface area contributed by atoms with Gasteiger partial charge in [0.05, 0.1) is 0 Å². The van der Waals surface area contributed by atoms with Crippen molar-refractivity contribution in [2.75, 3.05) is 31.1 Å². The summed E-state index contributed by atoms with van der Waals surface area (Å²) >= 11 is 0. The van der Waals surface area contributed by atoms with Gasteiger partial charge in [0, 0.05) is 37.2 Å². The number of likely N-dealkylation sites (tertiary alicyclic amines) is 1. The zero-order valence-electron chi connectivity index (χ0n) is 14.4. The van der Waals surface area contributed by atoms with Crippen LogP contribution in [0.1, 0.15) is 32.1 Å². The van der Waals surface area contributed by atoms with Crippen molar-refractivity contribution in [3.8, 4) is 11.1 Å². The summed E-state index contributed by atoms with van der Waals surface area (Å²) in [6, 6.07) is 13.9. The molecule has 2 fully saturated rings. The van der Waals surface area contributed by atoms with E-state index in [9.17, 15) is 0 Å². The highest BCUT2D eigenvalue weighted by Crippen LogP contribution is 2.27. The summed E-state index contributed by atoms with van der Waals surface area (Å²) in [4.78, 5) is 9.50. The molecule has 0 radical (unpaired) electrons. The molecular formula is C21H27N3. The average Bonchev–Trinajstić information content (AvgIpc) is 2.70. The Morgan fingerprint density at radius 3 is 2.21 bits per heavy atom. The summed E-state index contributed by atoms with van der Waals surface area (Å²) in [5.74, 6) is 0. The summed E-state index contributed by atoms with van der Waals surface area (Å²) < 4.78 is 0. The van der Waals surface area contributed by atoms with Gasteiger partial charge >= 0.3 is 0 Å². The van der Waals surface area contributed by atoms with Gasteiger partial charge < -0.3 is 9.80 Å². The Labute approximate surface area is 145 Å². The van der Waals surface area contributed by atoms with E-state index in [2.05, 4.69) is 45.1 Å².